The minimum Gasteiger partial charge on any atom is -0.297 e. The highest BCUT2D eigenvalue weighted by Gasteiger charge is 2.31. The molecule has 3 aromatic carbocycles. The summed E-state index contributed by atoms with van der Waals surface area (Å²) in [6.45, 7) is 8.64. The van der Waals surface area contributed by atoms with Crippen molar-refractivity contribution in [2.45, 2.75) is 19.9 Å². The summed E-state index contributed by atoms with van der Waals surface area (Å²) in [5.41, 5.74) is 5.41. The van der Waals surface area contributed by atoms with E-state index in [1.165, 1.54) is 17.7 Å². The van der Waals surface area contributed by atoms with Crippen molar-refractivity contribution in [1.29, 1.82) is 0 Å². The van der Waals surface area contributed by atoms with Gasteiger partial charge < -0.3 is 0 Å². The molecule has 1 fully saturated rings. The van der Waals surface area contributed by atoms with Gasteiger partial charge in [-0.05, 0) is 58.7 Å². The Morgan fingerprint density at radius 2 is 1.56 bits per heavy atom. The smallest absolute Gasteiger partial charge is 0.178 e. The van der Waals surface area contributed by atoms with E-state index in [2.05, 4.69) is 87.7 Å². The molecule has 4 aromatic rings. The van der Waals surface area contributed by atoms with E-state index in [0.717, 1.165) is 60.9 Å². The molecule has 1 aliphatic heterocycles. The number of benzene rings is 3. The minimum atomic E-state index is -0.248. The Morgan fingerprint density at radius 1 is 0.861 bits per heavy atom. The van der Waals surface area contributed by atoms with Crippen LogP contribution in [0.3, 0.4) is 0 Å². The molecule has 1 atom stereocenters. The molecule has 6 nitrogen and oxygen atoms in total. The molecule has 36 heavy (non-hydrogen) atoms. The van der Waals surface area contributed by atoms with Crippen molar-refractivity contribution in [3.05, 3.63) is 113 Å². The third kappa shape index (κ3) is 5.27. The van der Waals surface area contributed by atoms with Gasteiger partial charge in [-0.2, -0.15) is 4.68 Å². The van der Waals surface area contributed by atoms with Crippen molar-refractivity contribution >= 4 is 6.08 Å². The van der Waals surface area contributed by atoms with Gasteiger partial charge in [0.15, 0.2) is 5.82 Å². The lowest BCUT2D eigenvalue weighted by atomic mass is 10.0. The first-order valence-electron chi connectivity index (χ1n) is 12.4. The lowest BCUT2D eigenvalue weighted by Crippen LogP contribution is -2.48. The average molecular weight is 483 g/mol. The Balaban J connectivity index is 1.39. The lowest BCUT2D eigenvalue weighted by molar-refractivity contribution is 0.113. The molecule has 0 saturated carbocycles. The van der Waals surface area contributed by atoms with Crippen molar-refractivity contribution in [1.82, 2.24) is 30.0 Å². The highest BCUT2D eigenvalue weighted by molar-refractivity contribution is 5.49. The van der Waals surface area contributed by atoms with Gasteiger partial charge in [0.05, 0.1) is 11.7 Å². The molecular formula is C29H31FN6. The van der Waals surface area contributed by atoms with Gasteiger partial charge in [0, 0.05) is 32.7 Å². The Labute approximate surface area is 211 Å². The fourth-order valence-electron chi connectivity index (χ4n) is 4.94. The quantitative estimate of drug-likeness (QED) is 0.377. The summed E-state index contributed by atoms with van der Waals surface area (Å²) in [6.07, 6.45) is 4.40. The minimum absolute atomic E-state index is 0.179. The van der Waals surface area contributed by atoms with Crippen molar-refractivity contribution in [2.24, 2.45) is 0 Å². The number of tetrazole rings is 1. The second-order valence-corrected chi connectivity index (χ2v) is 9.29. The molecule has 0 bridgehead atoms. The van der Waals surface area contributed by atoms with Gasteiger partial charge in [0.25, 0.3) is 0 Å². The third-order valence-corrected chi connectivity index (χ3v) is 6.82. The summed E-state index contributed by atoms with van der Waals surface area (Å²) in [7, 11) is 0. The van der Waals surface area contributed by atoms with Crippen LogP contribution in [-0.4, -0.2) is 62.7 Å². The highest BCUT2D eigenvalue weighted by atomic mass is 19.1. The van der Waals surface area contributed by atoms with E-state index in [4.69, 9.17) is 0 Å². The molecule has 2 heterocycles. The topological polar surface area (TPSA) is 50.1 Å². The van der Waals surface area contributed by atoms with Gasteiger partial charge in [0.2, 0.25) is 0 Å². The Morgan fingerprint density at radius 3 is 2.25 bits per heavy atom. The molecule has 0 N–H and O–H groups in total. The van der Waals surface area contributed by atoms with Crippen molar-refractivity contribution in [3.63, 3.8) is 0 Å². The van der Waals surface area contributed by atoms with Crippen LogP contribution in [-0.2, 0) is 0 Å². The van der Waals surface area contributed by atoms with Crippen LogP contribution in [0.5, 0.6) is 0 Å². The van der Waals surface area contributed by atoms with E-state index in [9.17, 15) is 4.39 Å². The van der Waals surface area contributed by atoms with E-state index in [0.29, 0.717) is 0 Å². The van der Waals surface area contributed by atoms with Gasteiger partial charge >= 0.3 is 0 Å². The predicted molar refractivity (Wildman–Crippen MR) is 140 cm³/mol. The second kappa shape index (κ2) is 10.9. The number of piperazine rings is 1. The zero-order valence-corrected chi connectivity index (χ0v) is 20.8. The first-order chi connectivity index (χ1) is 17.6. The largest absolute Gasteiger partial charge is 0.297 e. The summed E-state index contributed by atoms with van der Waals surface area (Å²) in [4.78, 5) is 4.85. The van der Waals surface area contributed by atoms with Crippen molar-refractivity contribution in [2.75, 3.05) is 32.7 Å². The fraction of sp³-hybridized carbons (Fsp3) is 0.276. The SMILES string of the molecule is Cc1cccc(C)c1-n1nnnc1[C@@H](c1ccc(F)cc1)N1CCN(CC=Cc2ccccc2)CC1. The molecule has 1 aromatic heterocycles. The van der Waals surface area contributed by atoms with Crippen molar-refractivity contribution < 1.29 is 4.39 Å². The van der Waals surface area contributed by atoms with Crippen LogP contribution in [0.2, 0.25) is 0 Å². The van der Waals surface area contributed by atoms with E-state index < -0.39 is 0 Å². The number of rotatable bonds is 7. The van der Waals surface area contributed by atoms with Crippen LogP contribution in [0, 0.1) is 19.7 Å². The lowest BCUT2D eigenvalue weighted by Gasteiger charge is -2.38. The maximum atomic E-state index is 13.8. The van der Waals surface area contributed by atoms with E-state index >= 15 is 0 Å². The van der Waals surface area contributed by atoms with Crippen LogP contribution in [0.25, 0.3) is 11.8 Å². The molecule has 0 unspecified atom stereocenters. The Hall–Kier alpha value is -3.68. The molecule has 0 amide bonds. The van der Waals surface area contributed by atoms with Gasteiger partial charge in [-0.1, -0.05) is 72.8 Å². The first kappa shape index (κ1) is 24.0. The number of aryl methyl sites for hydroxylation is 2. The second-order valence-electron chi connectivity index (χ2n) is 9.29. The van der Waals surface area contributed by atoms with E-state index in [-0.39, 0.29) is 11.9 Å². The summed E-state index contributed by atoms with van der Waals surface area (Å²) in [5.74, 6) is 0.498. The number of nitrogens with zero attached hydrogens (tertiary/aromatic N) is 6. The zero-order valence-electron chi connectivity index (χ0n) is 20.8. The molecule has 184 valence electrons. The summed E-state index contributed by atoms with van der Waals surface area (Å²) >= 11 is 0. The van der Waals surface area contributed by atoms with Crippen LogP contribution in [0.4, 0.5) is 4.39 Å². The van der Waals surface area contributed by atoms with Gasteiger partial charge in [-0.3, -0.25) is 9.80 Å². The number of aromatic nitrogens is 4. The highest BCUT2D eigenvalue weighted by Crippen LogP contribution is 2.31. The van der Waals surface area contributed by atoms with Crippen LogP contribution in [0.15, 0.2) is 78.9 Å². The van der Waals surface area contributed by atoms with Crippen LogP contribution >= 0.6 is 0 Å². The van der Waals surface area contributed by atoms with E-state index in [1.54, 1.807) is 0 Å². The standard InChI is InChI=1S/C29H31FN6/c1-22-8-6-9-23(2)27(22)36-29(31-32-33-36)28(25-13-15-26(30)16-14-25)35-20-18-34(19-21-35)17-7-12-24-10-4-3-5-11-24/h3-16,28H,17-21H2,1-2H3/t28-/m1/s1. The summed E-state index contributed by atoms with van der Waals surface area (Å²) in [6, 6.07) is 23.1. The predicted octanol–water partition coefficient (Wildman–Crippen LogP) is 4.84. The Kier molecular flexibility index (Phi) is 7.30. The molecule has 0 radical (unpaired) electrons. The van der Waals surface area contributed by atoms with Gasteiger partial charge in [-0.25, -0.2) is 4.39 Å². The van der Waals surface area contributed by atoms with Crippen molar-refractivity contribution in [3.8, 4) is 5.69 Å². The summed E-state index contributed by atoms with van der Waals surface area (Å²) < 4.78 is 15.7. The molecule has 0 spiro atoms. The zero-order chi connectivity index (χ0) is 24.9. The Bertz CT molecular complexity index is 1290. The number of hydrogen-bond donors (Lipinski definition) is 0. The van der Waals surface area contributed by atoms with Gasteiger partial charge in [0.1, 0.15) is 5.82 Å². The first-order valence-corrected chi connectivity index (χ1v) is 12.4. The van der Waals surface area contributed by atoms with Crippen LogP contribution in [0.1, 0.15) is 34.1 Å². The fourth-order valence-corrected chi connectivity index (χ4v) is 4.94. The monoisotopic (exact) mass is 482 g/mol. The average Bonchev–Trinajstić information content (AvgIpc) is 3.36. The molecule has 5 rings (SSSR count). The van der Waals surface area contributed by atoms with Gasteiger partial charge in [-0.15, -0.1) is 5.10 Å². The third-order valence-electron chi connectivity index (χ3n) is 6.82. The van der Waals surface area contributed by atoms with Crippen LogP contribution < -0.4 is 0 Å². The molecule has 0 aliphatic carbocycles. The maximum Gasteiger partial charge on any atom is 0.178 e. The normalized spacial score (nSPS) is 16.0. The molecule has 7 heteroatoms. The molecule has 1 aliphatic rings. The summed E-state index contributed by atoms with van der Waals surface area (Å²) in [5, 5.41) is 12.9. The molecule has 1 saturated heterocycles. The molecular weight excluding hydrogens is 451 g/mol. The number of halogens is 1. The number of hydrogen-bond acceptors (Lipinski definition) is 5. The maximum absolute atomic E-state index is 13.8. The van der Waals surface area contributed by atoms with E-state index in [1.807, 2.05) is 28.9 Å². The number of para-hydroxylation sites is 1.